The Morgan fingerprint density at radius 3 is 2.41 bits per heavy atom. The fourth-order valence-corrected chi connectivity index (χ4v) is 3.33. The van der Waals surface area contributed by atoms with Crippen LogP contribution in [-0.2, 0) is 0 Å². The number of H-pyrrole nitrogens is 1. The predicted octanol–water partition coefficient (Wildman–Crippen LogP) is 5.13. The summed E-state index contributed by atoms with van der Waals surface area (Å²) in [6, 6.07) is 13.4. The monoisotopic (exact) mass is 364 g/mol. The SMILES string of the molecule is Cc1nn(-c2ccc(F)cc2F)c(C)c1-c1nc(-c2ccccc2)c(C)[nH]1. The van der Waals surface area contributed by atoms with Crippen molar-refractivity contribution in [3.05, 3.63) is 77.2 Å². The number of aromatic amines is 1. The fourth-order valence-electron chi connectivity index (χ4n) is 3.33. The second-order valence-electron chi connectivity index (χ2n) is 6.48. The second-order valence-corrected chi connectivity index (χ2v) is 6.48. The van der Waals surface area contributed by atoms with Crippen LogP contribution in [0.1, 0.15) is 17.1 Å². The van der Waals surface area contributed by atoms with Gasteiger partial charge in [0.25, 0.3) is 0 Å². The Hall–Kier alpha value is -3.28. The Labute approximate surface area is 155 Å². The lowest BCUT2D eigenvalue weighted by atomic mass is 10.1. The van der Waals surface area contributed by atoms with Crippen LogP contribution in [0.4, 0.5) is 8.78 Å². The van der Waals surface area contributed by atoms with E-state index in [1.54, 1.807) is 0 Å². The third kappa shape index (κ3) is 2.93. The van der Waals surface area contributed by atoms with Crippen LogP contribution in [0.2, 0.25) is 0 Å². The number of nitrogens with one attached hydrogen (secondary N) is 1. The molecular weight excluding hydrogens is 346 g/mol. The maximum Gasteiger partial charge on any atom is 0.151 e. The molecule has 136 valence electrons. The summed E-state index contributed by atoms with van der Waals surface area (Å²) in [4.78, 5) is 8.06. The topological polar surface area (TPSA) is 46.5 Å². The number of aromatic nitrogens is 4. The number of aryl methyl sites for hydroxylation is 2. The van der Waals surface area contributed by atoms with E-state index >= 15 is 0 Å². The van der Waals surface area contributed by atoms with Crippen molar-refractivity contribution in [3.8, 4) is 28.3 Å². The van der Waals surface area contributed by atoms with Gasteiger partial charge in [-0.1, -0.05) is 30.3 Å². The molecule has 0 amide bonds. The van der Waals surface area contributed by atoms with Crippen molar-refractivity contribution in [2.75, 3.05) is 0 Å². The summed E-state index contributed by atoms with van der Waals surface area (Å²) >= 11 is 0. The summed E-state index contributed by atoms with van der Waals surface area (Å²) in [5, 5.41) is 4.45. The molecule has 0 radical (unpaired) electrons. The second kappa shape index (κ2) is 6.46. The smallest absolute Gasteiger partial charge is 0.151 e. The van der Waals surface area contributed by atoms with Crippen molar-refractivity contribution in [1.29, 1.82) is 0 Å². The molecule has 2 aromatic carbocycles. The van der Waals surface area contributed by atoms with Crippen LogP contribution in [0, 0.1) is 32.4 Å². The quantitative estimate of drug-likeness (QED) is 0.548. The van der Waals surface area contributed by atoms with Gasteiger partial charge in [0.15, 0.2) is 5.82 Å². The van der Waals surface area contributed by atoms with E-state index in [2.05, 4.69) is 10.1 Å². The normalized spacial score (nSPS) is 11.1. The van der Waals surface area contributed by atoms with E-state index in [1.165, 1.54) is 16.8 Å². The summed E-state index contributed by atoms with van der Waals surface area (Å²) in [5.74, 6) is -0.602. The number of benzene rings is 2. The molecule has 0 saturated heterocycles. The van der Waals surface area contributed by atoms with E-state index in [0.29, 0.717) is 11.5 Å². The van der Waals surface area contributed by atoms with Gasteiger partial charge in [0.05, 0.1) is 22.6 Å². The molecule has 2 aromatic heterocycles. The molecule has 0 bridgehead atoms. The van der Waals surface area contributed by atoms with Crippen LogP contribution in [0.25, 0.3) is 28.3 Å². The van der Waals surface area contributed by atoms with Gasteiger partial charge in [-0.2, -0.15) is 5.10 Å². The van der Waals surface area contributed by atoms with E-state index in [9.17, 15) is 8.78 Å². The number of imidazole rings is 1. The van der Waals surface area contributed by atoms with E-state index in [1.807, 2.05) is 51.1 Å². The first-order valence-electron chi connectivity index (χ1n) is 8.59. The summed E-state index contributed by atoms with van der Waals surface area (Å²) < 4.78 is 28.9. The lowest BCUT2D eigenvalue weighted by Gasteiger charge is -2.06. The third-order valence-corrected chi connectivity index (χ3v) is 4.60. The Kier molecular flexibility index (Phi) is 4.11. The molecule has 2 heterocycles. The summed E-state index contributed by atoms with van der Waals surface area (Å²) in [5.41, 5.74) is 5.28. The van der Waals surface area contributed by atoms with Crippen molar-refractivity contribution < 1.29 is 8.78 Å². The lowest BCUT2D eigenvalue weighted by molar-refractivity contribution is 0.572. The molecule has 0 unspecified atom stereocenters. The van der Waals surface area contributed by atoms with Gasteiger partial charge >= 0.3 is 0 Å². The van der Waals surface area contributed by atoms with Gasteiger partial charge < -0.3 is 4.98 Å². The van der Waals surface area contributed by atoms with Crippen molar-refractivity contribution in [1.82, 2.24) is 19.7 Å². The first-order valence-corrected chi connectivity index (χ1v) is 8.59. The van der Waals surface area contributed by atoms with E-state index in [4.69, 9.17) is 4.98 Å². The number of rotatable bonds is 3. The van der Waals surface area contributed by atoms with Gasteiger partial charge in [-0.15, -0.1) is 0 Å². The number of hydrogen-bond donors (Lipinski definition) is 1. The molecule has 0 aliphatic heterocycles. The standard InChI is InChI=1S/C21H18F2N4/c1-12-19(14(3)27(26-12)18-10-9-16(22)11-17(18)23)21-24-13(2)20(25-21)15-7-5-4-6-8-15/h4-11H,1-3H3,(H,24,25). The number of hydrogen-bond acceptors (Lipinski definition) is 2. The number of halogens is 2. The molecule has 0 spiro atoms. The van der Waals surface area contributed by atoms with Gasteiger partial charge in [-0.05, 0) is 32.9 Å². The average Bonchev–Trinajstić information content (AvgIpc) is 3.15. The van der Waals surface area contributed by atoms with Gasteiger partial charge in [0.2, 0.25) is 0 Å². The summed E-state index contributed by atoms with van der Waals surface area (Å²) in [6.45, 7) is 5.66. The van der Waals surface area contributed by atoms with Crippen molar-refractivity contribution in [3.63, 3.8) is 0 Å². The van der Waals surface area contributed by atoms with E-state index in [0.717, 1.165) is 34.3 Å². The molecule has 0 fully saturated rings. The van der Waals surface area contributed by atoms with Crippen LogP contribution >= 0.6 is 0 Å². The highest BCUT2D eigenvalue weighted by molar-refractivity contribution is 5.70. The van der Waals surface area contributed by atoms with Crippen LogP contribution in [0.5, 0.6) is 0 Å². The van der Waals surface area contributed by atoms with Crippen LogP contribution in [0.3, 0.4) is 0 Å². The highest BCUT2D eigenvalue weighted by Gasteiger charge is 2.20. The van der Waals surface area contributed by atoms with E-state index < -0.39 is 11.6 Å². The first kappa shape index (κ1) is 17.1. The molecule has 0 aliphatic carbocycles. The van der Waals surface area contributed by atoms with Gasteiger partial charge in [0, 0.05) is 17.3 Å². The zero-order valence-electron chi connectivity index (χ0n) is 15.2. The summed E-state index contributed by atoms with van der Waals surface area (Å²) in [6.07, 6.45) is 0. The van der Waals surface area contributed by atoms with Crippen molar-refractivity contribution in [2.24, 2.45) is 0 Å². The average molecular weight is 364 g/mol. The molecule has 0 aliphatic rings. The molecule has 0 atom stereocenters. The minimum atomic E-state index is -0.659. The Bertz CT molecular complexity index is 1130. The molecule has 0 saturated carbocycles. The Morgan fingerprint density at radius 1 is 0.963 bits per heavy atom. The molecule has 6 heteroatoms. The third-order valence-electron chi connectivity index (χ3n) is 4.60. The predicted molar refractivity (Wildman–Crippen MR) is 101 cm³/mol. The lowest BCUT2D eigenvalue weighted by Crippen LogP contribution is -2.02. The minimum Gasteiger partial charge on any atom is -0.341 e. The van der Waals surface area contributed by atoms with Gasteiger partial charge in [-0.3, -0.25) is 0 Å². The maximum absolute atomic E-state index is 14.2. The van der Waals surface area contributed by atoms with Crippen LogP contribution in [0.15, 0.2) is 48.5 Å². The highest BCUT2D eigenvalue weighted by Crippen LogP contribution is 2.31. The van der Waals surface area contributed by atoms with Gasteiger partial charge in [0.1, 0.15) is 17.3 Å². The van der Waals surface area contributed by atoms with Crippen molar-refractivity contribution in [2.45, 2.75) is 20.8 Å². The van der Waals surface area contributed by atoms with E-state index in [-0.39, 0.29) is 5.69 Å². The van der Waals surface area contributed by atoms with Crippen LogP contribution in [-0.4, -0.2) is 19.7 Å². The minimum absolute atomic E-state index is 0.204. The van der Waals surface area contributed by atoms with Crippen molar-refractivity contribution >= 4 is 0 Å². The zero-order valence-corrected chi connectivity index (χ0v) is 15.2. The maximum atomic E-state index is 14.2. The first-order chi connectivity index (χ1) is 13.0. The summed E-state index contributed by atoms with van der Waals surface area (Å²) in [7, 11) is 0. The Balaban J connectivity index is 1.83. The van der Waals surface area contributed by atoms with Crippen LogP contribution < -0.4 is 0 Å². The van der Waals surface area contributed by atoms with Gasteiger partial charge in [-0.25, -0.2) is 18.4 Å². The largest absolute Gasteiger partial charge is 0.341 e. The molecular formula is C21H18F2N4. The molecule has 1 N–H and O–H groups in total. The Morgan fingerprint density at radius 2 is 1.70 bits per heavy atom. The highest BCUT2D eigenvalue weighted by atomic mass is 19.1. The molecule has 4 rings (SSSR count). The molecule has 27 heavy (non-hydrogen) atoms. The fraction of sp³-hybridized carbons (Fsp3) is 0.143. The zero-order chi connectivity index (χ0) is 19.1. The number of nitrogens with zero attached hydrogens (tertiary/aromatic N) is 3. The molecule has 4 aromatic rings. The molecule has 4 nitrogen and oxygen atoms in total.